The van der Waals surface area contributed by atoms with Crippen LogP contribution in [0.4, 0.5) is 11.4 Å². The summed E-state index contributed by atoms with van der Waals surface area (Å²) in [6, 6.07) is 16.6. The van der Waals surface area contributed by atoms with E-state index in [1.807, 2.05) is 48.5 Å². The Morgan fingerprint density at radius 2 is 1.88 bits per heavy atom. The van der Waals surface area contributed by atoms with Crippen LogP contribution in [0.3, 0.4) is 0 Å². The van der Waals surface area contributed by atoms with E-state index >= 15 is 0 Å². The molecule has 25 heavy (non-hydrogen) atoms. The highest BCUT2D eigenvalue weighted by atomic mass is 16.2. The van der Waals surface area contributed by atoms with Gasteiger partial charge in [0.2, 0.25) is 5.91 Å². The maximum absolute atomic E-state index is 12.6. The number of rotatable bonds is 3. The molecular weight excluding hydrogens is 314 g/mol. The molecule has 0 unspecified atom stereocenters. The number of anilines is 2. The molecule has 0 bridgehead atoms. The number of carbonyl (C=O) groups excluding carboxylic acids is 2. The number of nitrogens with one attached hydrogen (secondary N) is 1. The Morgan fingerprint density at radius 1 is 1.04 bits per heavy atom. The molecule has 5 heteroatoms. The van der Waals surface area contributed by atoms with E-state index in [0.717, 1.165) is 29.6 Å². The molecule has 4 rings (SSSR count). The van der Waals surface area contributed by atoms with Crippen LogP contribution in [0.1, 0.15) is 23.2 Å². The number of fused-ring (bicyclic) bond motifs is 1. The third-order valence-electron chi connectivity index (χ3n) is 4.40. The minimum Gasteiger partial charge on any atom is -0.322 e. The minimum atomic E-state index is -0.177. The average Bonchev–Trinajstić information content (AvgIpc) is 3.08. The fraction of sp³-hybridized carbons (Fsp3) is 0.150. The summed E-state index contributed by atoms with van der Waals surface area (Å²) in [6.45, 7) is 0.757. The smallest absolute Gasteiger partial charge is 0.256 e. The van der Waals surface area contributed by atoms with Crippen molar-refractivity contribution in [2.45, 2.75) is 12.8 Å². The van der Waals surface area contributed by atoms with Crippen molar-refractivity contribution in [3.63, 3.8) is 0 Å². The van der Waals surface area contributed by atoms with Gasteiger partial charge in [0.15, 0.2) is 0 Å². The van der Waals surface area contributed by atoms with Gasteiger partial charge >= 0.3 is 0 Å². The molecule has 3 aromatic rings. The molecular formula is C20H17N3O2. The van der Waals surface area contributed by atoms with Crippen LogP contribution in [0.25, 0.3) is 10.9 Å². The number of aromatic nitrogens is 1. The first-order valence-corrected chi connectivity index (χ1v) is 8.28. The number of hydrogen-bond acceptors (Lipinski definition) is 3. The Labute approximate surface area is 145 Å². The zero-order valence-electron chi connectivity index (χ0n) is 13.6. The van der Waals surface area contributed by atoms with Gasteiger partial charge in [0.05, 0.1) is 5.52 Å². The Balaban J connectivity index is 1.55. The van der Waals surface area contributed by atoms with Crippen molar-refractivity contribution in [2.24, 2.45) is 0 Å². The van der Waals surface area contributed by atoms with Gasteiger partial charge in [0.1, 0.15) is 0 Å². The summed E-state index contributed by atoms with van der Waals surface area (Å²) in [6.07, 6.45) is 3.21. The SMILES string of the molecule is O=C(Nc1ccc(N2CCCC2=O)cc1)c1cccc2ncccc12. The molecule has 0 atom stereocenters. The predicted octanol–water partition coefficient (Wildman–Crippen LogP) is 3.61. The summed E-state index contributed by atoms with van der Waals surface area (Å²) in [7, 11) is 0. The van der Waals surface area contributed by atoms with Crippen LogP contribution in [0.2, 0.25) is 0 Å². The van der Waals surface area contributed by atoms with Crippen LogP contribution in [0, 0.1) is 0 Å². The van der Waals surface area contributed by atoms with Crippen molar-refractivity contribution in [2.75, 3.05) is 16.8 Å². The highest BCUT2D eigenvalue weighted by Crippen LogP contribution is 2.24. The summed E-state index contributed by atoms with van der Waals surface area (Å²) in [5.41, 5.74) is 2.94. The second-order valence-electron chi connectivity index (χ2n) is 6.03. The molecule has 0 aliphatic carbocycles. The molecule has 1 saturated heterocycles. The molecule has 1 N–H and O–H groups in total. The molecule has 1 aliphatic rings. The lowest BCUT2D eigenvalue weighted by Crippen LogP contribution is -2.23. The topological polar surface area (TPSA) is 62.3 Å². The second-order valence-corrected chi connectivity index (χ2v) is 6.03. The predicted molar refractivity (Wildman–Crippen MR) is 97.7 cm³/mol. The highest BCUT2D eigenvalue weighted by Gasteiger charge is 2.21. The van der Waals surface area contributed by atoms with E-state index in [0.29, 0.717) is 17.7 Å². The summed E-state index contributed by atoms with van der Waals surface area (Å²) >= 11 is 0. The number of nitrogens with zero attached hydrogens (tertiary/aromatic N) is 2. The molecule has 0 spiro atoms. The van der Waals surface area contributed by atoms with Gasteiger partial charge in [0, 0.05) is 41.5 Å². The third-order valence-corrected chi connectivity index (χ3v) is 4.40. The number of amides is 2. The molecule has 2 amide bonds. The van der Waals surface area contributed by atoms with Gasteiger partial charge in [-0.3, -0.25) is 14.6 Å². The normalized spacial score (nSPS) is 14.1. The monoisotopic (exact) mass is 331 g/mol. The minimum absolute atomic E-state index is 0.153. The first-order valence-electron chi connectivity index (χ1n) is 8.28. The van der Waals surface area contributed by atoms with Crippen LogP contribution in [0.5, 0.6) is 0 Å². The first-order chi connectivity index (χ1) is 12.2. The van der Waals surface area contributed by atoms with E-state index in [1.54, 1.807) is 17.2 Å². The van der Waals surface area contributed by atoms with Gasteiger partial charge in [0.25, 0.3) is 5.91 Å². The number of carbonyl (C=O) groups is 2. The lowest BCUT2D eigenvalue weighted by Gasteiger charge is -2.16. The number of benzene rings is 2. The fourth-order valence-electron chi connectivity index (χ4n) is 3.15. The van der Waals surface area contributed by atoms with Crippen molar-refractivity contribution in [3.8, 4) is 0 Å². The van der Waals surface area contributed by atoms with E-state index < -0.39 is 0 Å². The second kappa shape index (κ2) is 6.36. The molecule has 2 aromatic carbocycles. The summed E-state index contributed by atoms with van der Waals surface area (Å²) < 4.78 is 0. The van der Waals surface area contributed by atoms with Crippen LogP contribution in [-0.4, -0.2) is 23.3 Å². The van der Waals surface area contributed by atoms with Gasteiger partial charge in [-0.25, -0.2) is 0 Å². The Morgan fingerprint density at radius 3 is 2.64 bits per heavy atom. The van der Waals surface area contributed by atoms with Crippen LogP contribution in [0.15, 0.2) is 60.8 Å². The van der Waals surface area contributed by atoms with Crippen molar-refractivity contribution in [3.05, 3.63) is 66.4 Å². The third kappa shape index (κ3) is 2.96. The summed E-state index contributed by atoms with van der Waals surface area (Å²) in [5, 5.41) is 3.73. The molecule has 5 nitrogen and oxygen atoms in total. The van der Waals surface area contributed by atoms with Gasteiger partial charge in [-0.15, -0.1) is 0 Å². The lowest BCUT2D eigenvalue weighted by molar-refractivity contribution is -0.117. The molecule has 0 radical (unpaired) electrons. The van der Waals surface area contributed by atoms with Crippen molar-refractivity contribution >= 4 is 34.1 Å². The summed E-state index contributed by atoms with van der Waals surface area (Å²) in [5.74, 6) is -0.0244. The van der Waals surface area contributed by atoms with Crippen LogP contribution >= 0.6 is 0 Å². The maximum Gasteiger partial charge on any atom is 0.256 e. The van der Waals surface area contributed by atoms with Crippen LogP contribution in [-0.2, 0) is 4.79 Å². The Bertz CT molecular complexity index is 945. The maximum atomic E-state index is 12.6. The van der Waals surface area contributed by atoms with E-state index in [1.165, 1.54) is 0 Å². The average molecular weight is 331 g/mol. The zero-order valence-corrected chi connectivity index (χ0v) is 13.6. The Hall–Kier alpha value is -3.21. The quantitative estimate of drug-likeness (QED) is 0.797. The largest absolute Gasteiger partial charge is 0.322 e. The molecule has 124 valence electrons. The first kappa shape index (κ1) is 15.3. The molecule has 1 fully saturated rings. The van der Waals surface area contributed by atoms with E-state index in [-0.39, 0.29) is 11.8 Å². The lowest BCUT2D eigenvalue weighted by atomic mass is 10.1. The van der Waals surface area contributed by atoms with E-state index in [9.17, 15) is 9.59 Å². The van der Waals surface area contributed by atoms with Crippen molar-refractivity contribution in [1.82, 2.24) is 4.98 Å². The zero-order chi connectivity index (χ0) is 17.2. The standard InChI is InChI=1S/C20H17N3O2/c24-19-7-3-13-23(19)15-10-8-14(9-11-15)22-20(25)17-4-1-6-18-16(17)5-2-12-21-18/h1-2,4-6,8-12H,3,7,13H2,(H,22,25). The van der Waals surface area contributed by atoms with Gasteiger partial charge in [-0.2, -0.15) is 0 Å². The van der Waals surface area contributed by atoms with Gasteiger partial charge < -0.3 is 10.2 Å². The fourth-order valence-corrected chi connectivity index (χ4v) is 3.15. The summed E-state index contributed by atoms with van der Waals surface area (Å²) in [4.78, 5) is 30.5. The molecule has 2 heterocycles. The van der Waals surface area contributed by atoms with E-state index in [4.69, 9.17) is 0 Å². The van der Waals surface area contributed by atoms with Crippen molar-refractivity contribution < 1.29 is 9.59 Å². The van der Waals surface area contributed by atoms with Gasteiger partial charge in [-0.05, 0) is 48.9 Å². The van der Waals surface area contributed by atoms with Crippen molar-refractivity contribution in [1.29, 1.82) is 0 Å². The van der Waals surface area contributed by atoms with Gasteiger partial charge in [-0.1, -0.05) is 12.1 Å². The molecule has 0 saturated carbocycles. The number of pyridine rings is 1. The van der Waals surface area contributed by atoms with Crippen LogP contribution < -0.4 is 10.2 Å². The Kier molecular flexibility index (Phi) is 3.90. The molecule has 1 aliphatic heterocycles. The van der Waals surface area contributed by atoms with E-state index in [2.05, 4.69) is 10.3 Å². The highest BCUT2D eigenvalue weighted by molar-refractivity contribution is 6.12. The number of hydrogen-bond donors (Lipinski definition) is 1. The molecule has 1 aromatic heterocycles.